The lowest BCUT2D eigenvalue weighted by molar-refractivity contribution is 0.382. The maximum Gasteiger partial charge on any atom is 0.256 e. The Morgan fingerprint density at radius 3 is 2.92 bits per heavy atom. The molecular weight excluding hydrogens is 156 g/mol. The summed E-state index contributed by atoms with van der Waals surface area (Å²) in [5, 5.41) is 0. The van der Waals surface area contributed by atoms with Crippen LogP contribution in [0, 0.1) is 0 Å². The maximum absolute atomic E-state index is 5.42. The van der Waals surface area contributed by atoms with E-state index >= 15 is 0 Å². The summed E-state index contributed by atoms with van der Waals surface area (Å²) in [5.74, 6) is 2.57. The van der Waals surface area contributed by atoms with Crippen molar-refractivity contribution in [3.05, 3.63) is 11.7 Å². The highest BCUT2D eigenvalue weighted by molar-refractivity contribution is 5.24. The SMILES string of the molecule is COc1nc(CN)oc1C1CC1. The Labute approximate surface area is 70.7 Å². The van der Waals surface area contributed by atoms with Crippen molar-refractivity contribution in [3.8, 4) is 5.88 Å². The predicted octanol–water partition coefficient (Wildman–Crippen LogP) is 1.02. The second-order valence-electron chi connectivity index (χ2n) is 2.96. The number of aromatic nitrogens is 1. The fourth-order valence-corrected chi connectivity index (χ4v) is 1.20. The zero-order valence-electron chi connectivity index (χ0n) is 7.04. The van der Waals surface area contributed by atoms with Gasteiger partial charge in [0.05, 0.1) is 13.7 Å². The Morgan fingerprint density at radius 1 is 1.67 bits per heavy atom. The van der Waals surface area contributed by atoms with E-state index in [1.54, 1.807) is 7.11 Å². The Bertz CT molecular complexity index is 279. The molecule has 2 N–H and O–H groups in total. The minimum absolute atomic E-state index is 0.336. The van der Waals surface area contributed by atoms with Gasteiger partial charge in [-0.05, 0) is 12.8 Å². The highest BCUT2D eigenvalue weighted by Gasteiger charge is 2.31. The largest absolute Gasteiger partial charge is 0.479 e. The van der Waals surface area contributed by atoms with Crippen LogP contribution in [0.25, 0.3) is 0 Å². The van der Waals surface area contributed by atoms with E-state index in [-0.39, 0.29) is 0 Å². The van der Waals surface area contributed by atoms with E-state index < -0.39 is 0 Å². The van der Waals surface area contributed by atoms with Crippen LogP contribution in [0.3, 0.4) is 0 Å². The molecule has 1 heterocycles. The topological polar surface area (TPSA) is 61.3 Å². The minimum Gasteiger partial charge on any atom is -0.479 e. The second-order valence-corrected chi connectivity index (χ2v) is 2.96. The molecule has 12 heavy (non-hydrogen) atoms. The molecule has 0 unspecified atom stereocenters. The fourth-order valence-electron chi connectivity index (χ4n) is 1.20. The number of rotatable bonds is 3. The number of nitrogens with two attached hydrogens (primary N) is 1. The van der Waals surface area contributed by atoms with E-state index in [9.17, 15) is 0 Å². The van der Waals surface area contributed by atoms with Crippen LogP contribution in [0.1, 0.15) is 30.4 Å². The predicted molar refractivity (Wildman–Crippen MR) is 42.9 cm³/mol. The van der Waals surface area contributed by atoms with Crippen molar-refractivity contribution in [2.75, 3.05) is 7.11 Å². The molecule has 0 aromatic carbocycles. The number of oxazole rings is 1. The van der Waals surface area contributed by atoms with Gasteiger partial charge in [-0.25, -0.2) is 0 Å². The van der Waals surface area contributed by atoms with Crippen molar-refractivity contribution in [1.82, 2.24) is 4.98 Å². The maximum atomic E-state index is 5.42. The van der Waals surface area contributed by atoms with Gasteiger partial charge in [-0.3, -0.25) is 0 Å². The summed E-state index contributed by atoms with van der Waals surface area (Å²) < 4.78 is 10.5. The minimum atomic E-state index is 0.336. The molecule has 0 radical (unpaired) electrons. The molecule has 0 aliphatic heterocycles. The summed E-state index contributed by atoms with van der Waals surface area (Å²) in [6.07, 6.45) is 2.35. The molecule has 1 aliphatic carbocycles. The number of hydrogen-bond donors (Lipinski definition) is 1. The lowest BCUT2D eigenvalue weighted by Crippen LogP contribution is -1.95. The Morgan fingerprint density at radius 2 is 2.42 bits per heavy atom. The molecule has 0 atom stereocenters. The number of hydrogen-bond acceptors (Lipinski definition) is 4. The van der Waals surface area contributed by atoms with E-state index in [1.165, 1.54) is 12.8 Å². The quantitative estimate of drug-likeness (QED) is 0.731. The molecule has 1 aromatic heterocycles. The van der Waals surface area contributed by atoms with Gasteiger partial charge in [0.25, 0.3) is 5.88 Å². The first kappa shape index (κ1) is 7.61. The van der Waals surface area contributed by atoms with Crippen LogP contribution in [-0.4, -0.2) is 12.1 Å². The normalized spacial score (nSPS) is 16.5. The van der Waals surface area contributed by atoms with Gasteiger partial charge in [0.2, 0.25) is 5.89 Å². The van der Waals surface area contributed by atoms with Crippen molar-refractivity contribution >= 4 is 0 Å². The van der Waals surface area contributed by atoms with Gasteiger partial charge < -0.3 is 14.9 Å². The standard InChI is InChI=1S/C8H12N2O2/c1-11-8-7(5-2-3-5)12-6(4-9)10-8/h5H,2-4,9H2,1H3. The van der Waals surface area contributed by atoms with Gasteiger partial charge in [0, 0.05) is 5.92 Å². The molecule has 1 aromatic rings. The summed E-state index contributed by atoms with van der Waals surface area (Å²) in [6.45, 7) is 0.336. The first-order valence-corrected chi connectivity index (χ1v) is 4.08. The summed E-state index contributed by atoms with van der Waals surface area (Å²) in [7, 11) is 1.60. The molecule has 1 saturated carbocycles. The van der Waals surface area contributed by atoms with Gasteiger partial charge >= 0.3 is 0 Å². The first-order valence-electron chi connectivity index (χ1n) is 4.08. The van der Waals surface area contributed by atoms with Gasteiger partial charge in [-0.1, -0.05) is 0 Å². The summed E-state index contributed by atoms with van der Waals surface area (Å²) >= 11 is 0. The van der Waals surface area contributed by atoms with Crippen molar-refractivity contribution in [1.29, 1.82) is 0 Å². The molecule has 0 bridgehead atoms. The van der Waals surface area contributed by atoms with Crippen molar-refractivity contribution in [3.63, 3.8) is 0 Å². The molecule has 0 amide bonds. The molecular formula is C8H12N2O2. The number of nitrogens with zero attached hydrogens (tertiary/aromatic N) is 1. The van der Waals surface area contributed by atoms with Crippen molar-refractivity contribution in [2.24, 2.45) is 5.73 Å². The Hall–Kier alpha value is -1.03. The number of ether oxygens (including phenoxy) is 1. The molecule has 0 saturated heterocycles. The Balaban J connectivity index is 2.29. The highest BCUT2D eigenvalue weighted by Crippen LogP contribution is 2.44. The monoisotopic (exact) mass is 168 g/mol. The summed E-state index contributed by atoms with van der Waals surface area (Å²) in [4.78, 5) is 4.09. The van der Waals surface area contributed by atoms with E-state index in [4.69, 9.17) is 14.9 Å². The van der Waals surface area contributed by atoms with E-state index in [2.05, 4.69) is 4.98 Å². The molecule has 1 aliphatic rings. The smallest absolute Gasteiger partial charge is 0.256 e. The van der Waals surface area contributed by atoms with Crippen LogP contribution in [0.4, 0.5) is 0 Å². The lowest BCUT2D eigenvalue weighted by Gasteiger charge is -1.93. The second kappa shape index (κ2) is 2.79. The van der Waals surface area contributed by atoms with Crippen LogP contribution in [0.5, 0.6) is 5.88 Å². The van der Waals surface area contributed by atoms with Gasteiger partial charge in [0.15, 0.2) is 5.76 Å². The zero-order chi connectivity index (χ0) is 8.55. The third-order valence-corrected chi connectivity index (χ3v) is 1.98. The number of methoxy groups -OCH3 is 1. The van der Waals surface area contributed by atoms with Crippen molar-refractivity contribution in [2.45, 2.75) is 25.3 Å². The first-order chi connectivity index (χ1) is 5.85. The molecule has 1 fully saturated rings. The van der Waals surface area contributed by atoms with Crippen LogP contribution < -0.4 is 10.5 Å². The van der Waals surface area contributed by atoms with Gasteiger partial charge in [0.1, 0.15) is 0 Å². The van der Waals surface area contributed by atoms with Crippen LogP contribution >= 0.6 is 0 Å². The van der Waals surface area contributed by atoms with Gasteiger partial charge in [-0.15, -0.1) is 0 Å². The lowest BCUT2D eigenvalue weighted by atomic mass is 10.3. The average molecular weight is 168 g/mol. The zero-order valence-corrected chi connectivity index (χ0v) is 7.04. The van der Waals surface area contributed by atoms with E-state index in [1.807, 2.05) is 0 Å². The third kappa shape index (κ3) is 1.18. The molecule has 4 nitrogen and oxygen atoms in total. The van der Waals surface area contributed by atoms with Crippen LogP contribution in [0.15, 0.2) is 4.42 Å². The van der Waals surface area contributed by atoms with Gasteiger partial charge in [-0.2, -0.15) is 4.98 Å². The van der Waals surface area contributed by atoms with Crippen molar-refractivity contribution < 1.29 is 9.15 Å². The average Bonchev–Trinajstić information content (AvgIpc) is 2.85. The molecule has 2 rings (SSSR count). The highest BCUT2D eigenvalue weighted by atomic mass is 16.5. The third-order valence-electron chi connectivity index (χ3n) is 1.98. The van der Waals surface area contributed by atoms with Crippen LogP contribution in [0.2, 0.25) is 0 Å². The fraction of sp³-hybridized carbons (Fsp3) is 0.625. The van der Waals surface area contributed by atoms with Crippen LogP contribution in [-0.2, 0) is 6.54 Å². The Kier molecular flexibility index (Phi) is 1.77. The molecule has 4 heteroatoms. The van der Waals surface area contributed by atoms with E-state index in [0.717, 1.165) is 5.76 Å². The summed E-state index contributed by atoms with van der Waals surface area (Å²) in [6, 6.07) is 0. The molecule has 66 valence electrons. The molecule has 0 spiro atoms. The summed E-state index contributed by atoms with van der Waals surface area (Å²) in [5.41, 5.74) is 5.40. The van der Waals surface area contributed by atoms with E-state index in [0.29, 0.717) is 24.2 Å².